The van der Waals surface area contributed by atoms with E-state index in [2.05, 4.69) is 5.32 Å². The zero-order chi connectivity index (χ0) is 14.0. The largest absolute Gasteiger partial charge is 0.396 e. The van der Waals surface area contributed by atoms with Crippen molar-refractivity contribution in [3.05, 3.63) is 0 Å². The number of amides is 1. The smallest absolute Gasteiger partial charge is 0.241 e. The molecule has 2 unspecified atom stereocenters. The van der Waals surface area contributed by atoms with Crippen molar-refractivity contribution in [1.29, 1.82) is 0 Å². The van der Waals surface area contributed by atoms with Crippen LogP contribution in [-0.2, 0) is 14.6 Å². The van der Waals surface area contributed by atoms with E-state index in [9.17, 15) is 18.3 Å². The lowest BCUT2D eigenvalue weighted by molar-refractivity contribution is -0.124. The Labute approximate surface area is 109 Å². The van der Waals surface area contributed by atoms with Crippen LogP contribution in [0, 0.1) is 5.92 Å². The highest BCUT2D eigenvalue weighted by molar-refractivity contribution is 7.92. The van der Waals surface area contributed by atoms with Crippen molar-refractivity contribution in [3.8, 4) is 0 Å². The Balaban J connectivity index is 2.75. The Hall–Kier alpha value is -0.620. The van der Waals surface area contributed by atoms with E-state index in [0.717, 1.165) is 31.9 Å². The fraction of sp³-hybridized carbons (Fsp3) is 0.917. The summed E-state index contributed by atoms with van der Waals surface area (Å²) < 4.78 is 21.7. The first kappa shape index (κ1) is 15.4. The molecule has 6 heteroatoms. The second-order valence-electron chi connectivity index (χ2n) is 5.59. The maximum Gasteiger partial charge on any atom is 0.241 e. The molecule has 0 aromatic rings. The molecule has 1 amide bonds. The summed E-state index contributed by atoms with van der Waals surface area (Å²) in [4.78, 5) is 12.1. The van der Waals surface area contributed by atoms with Crippen molar-refractivity contribution in [3.63, 3.8) is 0 Å². The maximum atomic E-state index is 12.1. The normalized spacial score (nSPS) is 25.8. The molecule has 1 saturated carbocycles. The van der Waals surface area contributed by atoms with Crippen molar-refractivity contribution in [2.24, 2.45) is 5.92 Å². The molecule has 1 aliphatic carbocycles. The first-order valence-corrected chi connectivity index (χ1v) is 8.20. The summed E-state index contributed by atoms with van der Waals surface area (Å²) in [5.41, 5.74) is 0. The standard InChI is InChI=1S/C12H23NO4S/c1-12(2,18(3,16)17)11(15)13-10-7-5-4-6-9(10)8-14/h9-10,14H,4-8H2,1-3H3,(H,13,15). The van der Waals surface area contributed by atoms with Gasteiger partial charge in [-0.25, -0.2) is 8.42 Å². The molecule has 2 N–H and O–H groups in total. The molecule has 0 heterocycles. The van der Waals surface area contributed by atoms with Gasteiger partial charge in [-0.15, -0.1) is 0 Å². The van der Waals surface area contributed by atoms with Crippen molar-refractivity contribution >= 4 is 15.7 Å². The summed E-state index contributed by atoms with van der Waals surface area (Å²) in [5.74, 6) is -0.437. The number of carbonyl (C=O) groups is 1. The van der Waals surface area contributed by atoms with Gasteiger partial charge in [-0.3, -0.25) is 4.79 Å². The zero-order valence-corrected chi connectivity index (χ0v) is 12.1. The van der Waals surface area contributed by atoms with Gasteiger partial charge in [0, 0.05) is 24.8 Å². The highest BCUT2D eigenvalue weighted by atomic mass is 32.2. The average Bonchev–Trinajstić information content (AvgIpc) is 2.28. The predicted molar refractivity (Wildman–Crippen MR) is 69.9 cm³/mol. The zero-order valence-electron chi connectivity index (χ0n) is 11.3. The summed E-state index contributed by atoms with van der Waals surface area (Å²) in [6.07, 6.45) is 4.79. The molecule has 18 heavy (non-hydrogen) atoms. The average molecular weight is 277 g/mol. The van der Waals surface area contributed by atoms with Crippen molar-refractivity contribution < 1.29 is 18.3 Å². The Morgan fingerprint density at radius 2 is 1.89 bits per heavy atom. The minimum Gasteiger partial charge on any atom is -0.396 e. The fourth-order valence-electron chi connectivity index (χ4n) is 2.13. The molecule has 0 aromatic heterocycles. The molecule has 2 atom stereocenters. The molecule has 0 aliphatic heterocycles. The second-order valence-corrected chi connectivity index (χ2v) is 8.15. The quantitative estimate of drug-likeness (QED) is 0.783. The summed E-state index contributed by atoms with van der Waals surface area (Å²) in [5, 5.41) is 12.1. The van der Waals surface area contributed by atoms with Gasteiger partial charge in [0.25, 0.3) is 0 Å². The number of aliphatic hydroxyl groups excluding tert-OH is 1. The Kier molecular flexibility index (Phi) is 4.78. The van der Waals surface area contributed by atoms with E-state index < -0.39 is 20.5 Å². The molecule has 1 fully saturated rings. The molecule has 1 aliphatic rings. The van der Waals surface area contributed by atoms with Crippen LogP contribution in [0.2, 0.25) is 0 Å². The summed E-state index contributed by atoms with van der Waals surface area (Å²) in [7, 11) is -3.45. The van der Waals surface area contributed by atoms with Gasteiger partial charge in [0.1, 0.15) is 4.75 Å². The van der Waals surface area contributed by atoms with Crippen molar-refractivity contribution in [1.82, 2.24) is 5.32 Å². The number of sulfone groups is 1. The van der Waals surface area contributed by atoms with E-state index in [-0.39, 0.29) is 18.6 Å². The van der Waals surface area contributed by atoms with Crippen LogP contribution in [0.15, 0.2) is 0 Å². The molecule has 5 nitrogen and oxygen atoms in total. The van der Waals surface area contributed by atoms with Gasteiger partial charge in [-0.05, 0) is 26.7 Å². The Bertz CT molecular complexity index is 402. The van der Waals surface area contributed by atoms with E-state index in [0.29, 0.717) is 0 Å². The van der Waals surface area contributed by atoms with E-state index in [1.54, 1.807) is 0 Å². The first-order chi connectivity index (χ1) is 8.20. The SMILES string of the molecule is CC(C)(C(=O)NC1CCCCC1CO)S(C)(=O)=O. The predicted octanol–water partition coefficient (Wildman–Crippen LogP) is 0.477. The van der Waals surface area contributed by atoms with E-state index in [1.165, 1.54) is 13.8 Å². The van der Waals surface area contributed by atoms with Crippen molar-refractivity contribution in [2.75, 3.05) is 12.9 Å². The molecule has 0 aromatic carbocycles. The third kappa shape index (κ3) is 3.23. The number of rotatable bonds is 4. The molecule has 106 valence electrons. The van der Waals surface area contributed by atoms with Crippen LogP contribution in [0.3, 0.4) is 0 Å². The number of hydrogen-bond donors (Lipinski definition) is 2. The van der Waals surface area contributed by atoms with Crippen LogP contribution in [-0.4, -0.2) is 43.1 Å². The maximum absolute atomic E-state index is 12.1. The third-order valence-electron chi connectivity index (χ3n) is 3.93. The van der Waals surface area contributed by atoms with E-state index >= 15 is 0 Å². The lowest BCUT2D eigenvalue weighted by Crippen LogP contribution is -2.53. The van der Waals surface area contributed by atoms with Crippen molar-refractivity contribution in [2.45, 2.75) is 50.3 Å². The minimum atomic E-state index is -3.45. The van der Waals surface area contributed by atoms with Crippen LogP contribution < -0.4 is 5.32 Å². The highest BCUT2D eigenvalue weighted by Gasteiger charge is 2.40. The number of hydrogen-bond acceptors (Lipinski definition) is 4. The topological polar surface area (TPSA) is 83.5 Å². The second kappa shape index (κ2) is 5.57. The Morgan fingerprint density at radius 3 is 2.39 bits per heavy atom. The summed E-state index contributed by atoms with van der Waals surface area (Å²) in [6, 6.07) is -0.114. The number of nitrogens with one attached hydrogen (secondary N) is 1. The molecule has 0 bridgehead atoms. The molecule has 1 rings (SSSR count). The monoisotopic (exact) mass is 277 g/mol. The summed E-state index contributed by atoms with van der Waals surface area (Å²) in [6.45, 7) is 2.85. The Morgan fingerprint density at radius 1 is 1.33 bits per heavy atom. The lowest BCUT2D eigenvalue weighted by Gasteiger charge is -2.33. The van der Waals surface area contributed by atoms with Gasteiger partial charge < -0.3 is 10.4 Å². The van der Waals surface area contributed by atoms with Crippen LogP contribution in [0.25, 0.3) is 0 Å². The molecule has 0 radical (unpaired) electrons. The van der Waals surface area contributed by atoms with Gasteiger partial charge in [0.2, 0.25) is 5.91 Å². The molecule has 0 saturated heterocycles. The fourth-order valence-corrected chi connectivity index (χ4v) is 2.52. The van der Waals surface area contributed by atoms with E-state index in [4.69, 9.17) is 0 Å². The number of aliphatic hydroxyl groups is 1. The van der Waals surface area contributed by atoms with Gasteiger partial charge >= 0.3 is 0 Å². The van der Waals surface area contributed by atoms with Gasteiger partial charge in [0.15, 0.2) is 9.84 Å². The first-order valence-electron chi connectivity index (χ1n) is 6.31. The third-order valence-corrected chi connectivity index (χ3v) is 5.97. The molecular formula is C12H23NO4S. The van der Waals surface area contributed by atoms with Crippen LogP contribution >= 0.6 is 0 Å². The molecular weight excluding hydrogens is 254 g/mol. The van der Waals surface area contributed by atoms with Gasteiger partial charge in [-0.2, -0.15) is 0 Å². The van der Waals surface area contributed by atoms with Gasteiger partial charge in [0.05, 0.1) is 0 Å². The van der Waals surface area contributed by atoms with E-state index in [1.807, 2.05) is 0 Å². The summed E-state index contributed by atoms with van der Waals surface area (Å²) >= 11 is 0. The van der Waals surface area contributed by atoms with Gasteiger partial charge in [-0.1, -0.05) is 12.8 Å². The highest BCUT2D eigenvalue weighted by Crippen LogP contribution is 2.25. The van der Waals surface area contributed by atoms with Crippen LogP contribution in [0.1, 0.15) is 39.5 Å². The number of carbonyl (C=O) groups excluding carboxylic acids is 1. The van der Waals surface area contributed by atoms with Crippen LogP contribution in [0.5, 0.6) is 0 Å². The lowest BCUT2D eigenvalue weighted by atomic mass is 9.85. The molecule has 0 spiro atoms. The minimum absolute atomic E-state index is 0.0320. The van der Waals surface area contributed by atoms with Crippen LogP contribution in [0.4, 0.5) is 0 Å².